The van der Waals surface area contributed by atoms with Gasteiger partial charge in [-0.1, -0.05) is 36.4 Å². The molecule has 1 N–H and O–H groups in total. The second-order valence-corrected chi connectivity index (χ2v) is 7.45. The molecule has 3 atom stereocenters. The molecule has 0 radical (unpaired) electrons. The lowest BCUT2D eigenvalue weighted by atomic mass is 9.69. The van der Waals surface area contributed by atoms with Crippen molar-refractivity contribution >= 4 is 5.69 Å². The highest BCUT2D eigenvalue weighted by molar-refractivity contribution is 5.62. The Hall–Kier alpha value is -2.46. The second-order valence-electron chi connectivity index (χ2n) is 7.45. The maximum absolute atomic E-state index is 10.2. The minimum atomic E-state index is -0.442. The van der Waals surface area contributed by atoms with Crippen LogP contribution in [0.3, 0.4) is 0 Å². The average Bonchev–Trinajstić information content (AvgIpc) is 2.90. The lowest BCUT2D eigenvalue weighted by Crippen LogP contribution is -2.43. The Bertz CT molecular complexity index is 863. The first-order valence-corrected chi connectivity index (χ1v) is 9.26. The van der Waals surface area contributed by atoms with Crippen LogP contribution < -0.4 is 14.4 Å². The van der Waals surface area contributed by atoms with Gasteiger partial charge in [-0.2, -0.15) is 0 Å². The Morgan fingerprint density at radius 2 is 2.04 bits per heavy atom. The molecule has 0 fully saturated rings. The third-order valence-corrected chi connectivity index (χ3v) is 6.08. The number of nitrogens with zero attached hydrogens (tertiary/aromatic N) is 1. The highest BCUT2D eigenvalue weighted by atomic mass is 16.5. The topological polar surface area (TPSA) is 41.9 Å². The standard InChI is InChI=1S/C22H23NO3/c1-25-18-8-7-15-14-23(16-5-3-2-4-6-16)12-11-22-10-9-17(24)13-19(22)26-21(18)20(15)22/h2-10,17,19,24H,11-14H2,1H3/t17-,19-,22-/m0/s1. The Kier molecular flexibility index (Phi) is 3.50. The van der Waals surface area contributed by atoms with E-state index in [0.29, 0.717) is 6.42 Å². The van der Waals surface area contributed by atoms with Crippen LogP contribution in [0, 0.1) is 0 Å². The zero-order chi connectivity index (χ0) is 17.7. The quantitative estimate of drug-likeness (QED) is 0.844. The molecule has 2 heterocycles. The summed E-state index contributed by atoms with van der Waals surface area (Å²) in [6, 6.07) is 14.7. The minimum absolute atomic E-state index is 0.0386. The Morgan fingerprint density at radius 3 is 2.85 bits per heavy atom. The molecule has 0 unspecified atom stereocenters. The summed E-state index contributed by atoms with van der Waals surface area (Å²) in [5, 5.41) is 10.2. The van der Waals surface area contributed by atoms with E-state index >= 15 is 0 Å². The average molecular weight is 349 g/mol. The van der Waals surface area contributed by atoms with Gasteiger partial charge in [0.05, 0.1) is 18.6 Å². The van der Waals surface area contributed by atoms with Crippen LogP contribution in [0.5, 0.6) is 11.5 Å². The molecule has 5 rings (SSSR count). The zero-order valence-electron chi connectivity index (χ0n) is 14.9. The number of para-hydroxylation sites is 1. The summed E-state index contributed by atoms with van der Waals surface area (Å²) in [5.41, 5.74) is 3.60. The van der Waals surface area contributed by atoms with Crippen molar-refractivity contribution in [1.29, 1.82) is 0 Å². The van der Waals surface area contributed by atoms with Crippen molar-refractivity contribution in [2.75, 3.05) is 18.6 Å². The number of anilines is 1. The van der Waals surface area contributed by atoms with Gasteiger partial charge in [0.25, 0.3) is 0 Å². The molecule has 0 saturated heterocycles. The third-order valence-electron chi connectivity index (χ3n) is 6.08. The second kappa shape index (κ2) is 5.78. The fourth-order valence-corrected chi connectivity index (χ4v) is 4.80. The predicted octanol–water partition coefficient (Wildman–Crippen LogP) is 3.43. The molecule has 1 spiro atoms. The number of rotatable bonds is 2. The van der Waals surface area contributed by atoms with Gasteiger partial charge < -0.3 is 19.5 Å². The molecule has 4 nitrogen and oxygen atoms in total. The molecule has 2 aromatic carbocycles. The zero-order valence-corrected chi connectivity index (χ0v) is 14.9. The van der Waals surface area contributed by atoms with E-state index < -0.39 is 6.10 Å². The molecule has 2 aromatic rings. The van der Waals surface area contributed by atoms with Crippen LogP contribution in [-0.2, 0) is 12.0 Å². The van der Waals surface area contributed by atoms with Crippen molar-refractivity contribution in [3.05, 3.63) is 65.7 Å². The third kappa shape index (κ3) is 2.18. The van der Waals surface area contributed by atoms with E-state index in [4.69, 9.17) is 9.47 Å². The molecule has 26 heavy (non-hydrogen) atoms. The maximum Gasteiger partial charge on any atom is 0.166 e. The summed E-state index contributed by atoms with van der Waals surface area (Å²) in [5.74, 6) is 1.65. The first-order valence-electron chi connectivity index (χ1n) is 9.26. The van der Waals surface area contributed by atoms with Crippen LogP contribution in [0.1, 0.15) is 24.0 Å². The van der Waals surface area contributed by atoms with Crippen LogP contribution >= 0.6 is 0 Å². The van der Waals surface area contributed by atoms with Gasteiger partial charge in [-0.15, -0.1) is 0 Å². The summed E-state index contributed by atoms with van der Waals surface area (Å²) >= 11 is 0. The molecule has 3 aliphatic rings. The Morgan fingerprint density at radius 1 is 1.19 bits per heavy atom. The van der Waals surface area contributed by atoms with Gasteiger partial charge in [-0.25, -0.2) is 0 Å². The fourth-order valence-electron chi connectivity index (χ4n) is 4.80. The van der Waals surface area contributed by atoms with E-state index in [1.165, 1.54) is 16.8 Å². The fraction of sp³-hybridized carbons (Fsp3) is 0.364. The summed E-state index contributed by atoms with van der Waals surface area (Å²) in [7, 11) is 1.69. The Labute approximate surface area is 153 Å². The van der Waals surface area contributed by atoms with E-state index in [1.54, 1.807) is 7.11 Å². The number of aliphatic hydroxyl groups is 1. The number of benzene rings is 2. The van der Waals surface area contributed by atoms with Crippen LogP contribution in [0.2, 0.25) is 0 Å². The van der Waals surface area contributed by atoms with Crippen LogP contribution in [0.15, 0.2) is 54.6 Å². The number of methoxy groups -OCH3 is 1. The number of aliphatic hydroxyl groups excluding tert-OH is 1. The van der Waals surface area contributed by atoms with Crippen molar-refractivity contribution in [3.63, 3.8) is 0 Å². The summed E-state index contributed by atoms with van der Waals surface area (Å²) in [6.45, 7) is 1.80. The van der Waals surface area contributed by atoms with Crippen LogP contribution in [0.4, 0.5) is 5.69 Å². The largest absolute Gasteiger partial charge is 0.493 e. The van der Waals surface area contributed by atoms with Gasteiger partial charge in [-0.3, -0.25) is 0 Å². The van der Waals surface area contributed by atoms with Crippen molar-refractivity contribution in [2.24, 2.45) is 0 Å². The van der Waals surface area contributed by atoms with E-state index in [0.717, 1.165) is 31.0 Å². The van der Waals surface area contributed by atoms with Crippen molar-refractivity contribution in [1.82, 2.24) is 0 Å². The smallest absolute Gasteiger partial charge is 0.166 e. The molecular weight excluding hydrogens is 326 g/mol. The SMILES string of the molecule is COc1ccc2c3c1O[C@H]1C[C@@H](O)C=C[C@@]31CCN(c1ccccc1)C2. The van der Waals surface area contributed by atoms with E-state index in [9.17, 15) is 5.11 Å². The lowest BCUT2D eigenvalue weighted by molar-refractivity contribution is 0.0856. The monoisotopic (exact) mass is 349 g/mol. The predicted molar refractivity (Wildman–Crippen MR) is 101 cm³/mol. The van der Waals surface area contributed by atoms with Crippen LogP contribution in [-0.4, -0.2) is 31.0 Å². The van der Waals surface area contributed by atoms with E-state index in [-0.39, 0.29) is 11.5 Å². The van der Waals surface area contributed by atoms with E-state index in [2.05, 4.69) is 47.4 Å². The molecule has 0 saturated carbocycles. The first kappa shape index (κ1) is 15.8. The van der Waals surface area contributed by atoms with Crippen molar-refractivity contribution in [3.8, 4) is 11.5 Å². The highest BCUT2D eigenvalue weighted by Crippen LogP contribution is 2.55. The lowest BCUT2D eigenvalue weighted by Gasteiger charge is -2.36. The normalized spacial score (nSPS) is 28.8. The first-order chi connectivity index (χ1) is 12.7. The maximum atomic E-state index is 10.2. The van der Waals surface area contributed by atoms with Crippen molar-refractivity contribution in [2.45, 2.75) is 37.0 Å². The van der Waals surface area contributed by atoms with Crippen LogP contribution in [0.25, 0.3) is 0 Å². The van der Waals surface area contributed by atoms with Gasteiger partial charge in [0.1, 0.15) is 6.10 Å². The van der Waals surface area contributed by atoms with E-state index in [1.807, 2.05) is 12.1 Å². The summed E-state index contributed by atoms with van der Waals surface area (Å²) in [6.07, 6.45) is 5.24. The molecule has 0 aromatic heterocycles. The number of hydrogen-bond acceptors (Lipinski definition) is 4. The van der Waals surface area contributed by atoms with Gasteiger partial charge in [0.15, 0.2) is 11.5 Å². The molecular formula is C22H23NO3. The number of ether oxygens (including phenoxy) is 2. The minimum Gasteiger partial charge on any atom is -0.493 e. The molecule has 134 valence electrons. The summed E-state index contributed by atoms with van der Waals surface area (Å²) in [4.78, 5) is 2.44. The summed E-state index contributed by atoms with van der Waals surface area (Å²) < 4.78 is 11.9. The van der Waals surface area contributed by atoms with Gasteiger partial charge >= 0.3 is 0 Å². The van der Waals surface area contributed by atoms with Gasteiger partial charge in [-0.05, 0) is 30.2 Å². The molecule has 1 aliphatic carbocycles. The van der Waals surface area contributed by atoms with Gasteiger partial charge in [0.2, 0.25) is 0 Å². The Balaban J connectivity index is 1.66. The van der Waals surface area contributed by atoms with Gasteiger partial charge in [0, 0.05) is 30.8 Å². The molecule has 4 heteroatoms. The molecule has 0 bridgehead atoms. The molecule has 2 aliphatic heterocycles. The molecule has 0 amide bonds. The van der Waals surface area contributed by atoms with Crippen molar-refractivity contribution < 1.29 is 14.6 Å². The number of hydrogen-bond donors (Lipinski definition) is 1. The highest BCUT2D eigenvalue weighted by Gasteiger charge is 2.52.